The van der Waals surface area contributed by atoms with E-state index in [9.17, 15) is 39.0 Å². The quantitative estimate of drug-likeness (QED) is 0.0137. The van der Waals surface area contributed by atoms with Crippen LogP contribution in [-0.4, -0.2) is 257 Å². The van der Waals surface area contributed by atoms with Crippen LogP contribution in [-0.2, 0) is 113 Å². The van der Waals surface area contributed by atoms with E-state index in [1.54, 1.807) is 69.4 Å². The third kappa shape index (κ3) is 30.0. The van der Waals surface area contributed by atoms with Crippen molar-refractivity contribution >= 4 is 117 Å². The number of hydrogen-bond acceptors (Lipinski definition) is 22. The van der Waals surface area contributed by atoms with Gasteiger partial charge in [-0.05, 0) is 71.2 Å². The van der Waals surface area contributed by atoms with E-state index in [1.165, 1.54) is 73.5 Å². The Morgan fingerprint density at radius 3 is 1.67 bits per heavy atom. The zero-order chi connectivity index (χ0) is 89.9. The first-order valence-corrected chi connectivity index (χ1v) is 41.2. The summed E-state index contributed by atoms with van der Waals surface area (Å²) in [6, 6.07) is 9.07. The molecule has 3 aromatic heterocycles. The Morgan fingerprint density at radius 1 is 0.540 bits per heavy atom. The van der Waals surface area contributed by atoms with Crippen molar-refractivity contribution in [1.82, 2.24) is 109 Å². The van der Waals surface area contributed by atoms with Crippen molar-refractivity contribution in [2.45, 2.75) is 151 Å². The molecule has 14 amide bonds. The minimum Gasteiger partial charge on any atom is -0.508 e. The van der Waals surface area contributed by atoms with Crippen molar-refractivity contribution in [3.05, 3.63) is 168 Å². The molecule has 4 aromatic carbocycles. The number of aromatic amines is 2. The van der Waals surface area contributed by atoms with Gasteiger partial charge in [-0.15, -0.1) is 11.8 Å². The van der Waals surface area contributed by atoms with E-state index in [0.29, 0.717) is 33.5 Å². The maximum absolute atomic E-state index is 15.4. The number of likely N-dealkylation sites (N-methyl/N-ethyl adjacent to an activating group) is 1. The summed E-state index contributed by atoms with van der Waals surface area (Å²) in [5.41, 5.74) is 19.1. The van der Waals surface area contributed by atoms with Gasteiger partial charge in [-0.3, -0.25) is 77.9 Å². The number of aliphatic hydroxyl groups is 1. The second-order valence-corrected chi connectivity index (χ2v) is 30.8. The van der Waals surface area contributed by atoms with Gasteiger partial charge in [0.1, 0.15) is 72.2 Å². The molecular formula is C81H108N26O16S. The van der Waals surface area contributed by atoms with Crippen molar-refractivity contribution < 1.29 is 77.3 Å². The second kappa shape index (κ2) is 47.9. The number of aromatic nitrogens is 6. The fourth-order valence-electron chi connectivity index (χ4n) is 13.4. The number of nitrogens with two attached hydrogens (primary N) is 3. The van der Waals surface area contributed by atoms with Gasteiger partial charge in [0.2, 0.25) is 82.7 Å². The molecule has 1 aliphatic rings. The number of thioether (sulfide) groups is 1. The Hall–Kier alpha value is -14.0. The van der Waals surface area contributed by atoms with Crippen LogP contribution in [0.25, 0.3) is 10.8 Å². The molecule has 1 fully saturated rings. The Morgan fingerprint density at radius 2 is 1.06 bits per heavy atom. The van der Waals surface area contributed by atoms with Crippen LogP contribution in [0.15, 0.2) is 135 Å². The topological polar surface area (TPSA) is 652 Å². The molecule has 4 heterocycles. The molecule has 0 bridgehead atoms. The molecule has 8 rings (SSSR count). The lowest BCUT2D eigenvalue weighted by molar-refractivity contribution is -0.143. The fourth-order valence-corrected chi connectivity index (χ4v) is 14.3. The van der Waals surface area contributed by atoms with Crippen LogP contribution in [0, 0.1) is 16.7 Å². The predicted octanol–water partition coefficient (Wildman–Crippen LogP) is -4.81. The average molecular weight is 1730 g/mol. The van der Waals surface area contributed by atoms with Crippen LogP contribution < -0.4 is 91.6 Å². The molecular weight excluding hydrogens is 1630 g/mol. The number of carbonyl (C=O) groups is 14. The Bertz CT molecular complexity index is 4840. The zero-order valence-corrected chi connectivity index (χ0v) is 69.7. The summed E-state index contributed by atoms with van der Waals surface area (Å²) in [6.45, 7) is 0.641. The number of aryl methyl sites for hydroxylation is 1. The first kappa shape index (κ1) is 95.5. The van der Waals surface area contributed by atoms with Crippen LogP contribution >= 0.6 is 11.8 Å². The third-order valence-corrected chi connectivity index (χ3v) is 21.4. The van der Waals surface area contributed by atoms with Gasteiger partial charge < -0.3 is 121 Å². The second-order valence-electron chi connectivity index (χ2n) is 29.7. The van der Waals surface area contributed by atoms with Crippen LogP contribution in [0.1, 0.15) is 79.7 Å². The van der Waals surface area contributed by atoms with Crippen LogP contribution in [0.2, 0.25) is 0 Å². The van der Waals surface area contributed by atoms with Crippen molar-refractivity contribution in [3.8, 4) is 5.75 Å². The number of H-pyrrole nitrogens is 2. The Balaban J connectivity index is 1.21. The van der Waals surface area contributed by atoms with E-state index in [2.05, 4.69) is 99.4 Å². The third-order valence-electron chi connectivity index (χ3n) is 20.4. The number of rotatable bonds is 26. The Kier molecular flexibility index (Phi) is 36.8. The smallest absolute Gasteiger partial charge is 0.245 e. The summed E-state index contributed by atoms with van der Waals surface area (Å²) < 4.78 is 1.53. The van der Waals surface area contributed by atoms with Crippen molar-refractivity contribution in [2.24, 2.45) is 30.2 Å². The number of phenolic OH excluding ortho intramolecular Hbond substituents is 1. The molecule has 1 aliphatic heterocycles. The molecule has 1 saturated heterocycles. The van der Waals surface area contributed by atoms with Gasteiger partial charge in [0, 0.05) is 107 Å². The number of nitrogens with zero attached hydrogens (tertiary/aromatic N) is 5. The number of imidazole rings is 3. The molecule has 0 spiro atoms. The maximum Gasteiger partial charge on any atom is 0.245 e. The van der Waals surface area contributed by atoms with Crippen LogP contribution in [0.5, 0.6) is 5.75 Å². The van der Waals surface area contributed by atoms with Crippen molar-refractivity contribution in [3.63, 3.8) is 0 Å². The number of fused-ring (bicyclic) bond motifs is 1. The van der Waals surface area contributed by atoms with Gasteiger partial charge in [0.25, 0.3) is 0 Å². The normalized spacial score (nSPS) is 21.8. The number of aromatic hydroxyl groups is 1. The highest BCUT2D eigenvalue weighted by Gasteiger charge is 2.40. The Labute approximate surface area is 717 Å². The minimum absolute atomic E-state index is 0.00251. The monoisotopic (exact) mass is 1730 g/mol. The van der Waals surface area contributed by atoms with Gasteiger partial charge in [-0.1, -0.05) is 105 Å². The average Bonchev–Trinajstić information content (AvgIpc) is 0.872. The summed E-state index contributed by atoms with van der Waals surface area (Å²) in [7, 11) is 2.81. The van der Waals surface area contributed by atoms with E-state index in [1.807, 2.05) is 24.3 Å². The molecule has 0 radical (unpaired) electrons. The summed E-state index contributed by atoms with van der Waals surface area (Å²) >= 11 is 0.801. The fraction of sp³-hybridized carbons (Fsp3) is 0.420. The zero-order valence-electron chi connectivity index (χ0n) is 68.8. The summed E-state index contributed by atoms with van der Waals surface area (Å²) in [5.74, 6) is -16.2. The molecule has 124 heavy (non-hydrogen) atoms. The van der Waals surface area contributed by atoms with E-state index >= 15 is 38.4 Å². The number of guanidine groups is 2. The molecule has 42 nitrogen and oxygen atoms in total. The highest BCUT2D eigenvalue weighted by Crippen LogP contribution is 2.23. The summed E-state index contributed by atoms with van der Waals surface area (Å²) in [4.78, 5) is 225. The minimum atomic E-state index is -1.86. The largest absolute Gasteiger partial charge is 0.508 e. The first-order valence-electron chi connectivity index (χ1n) is 40.0. The van der Waals surface area contributed by atoms with E-state index < -0.39 is 198 Å². The lowest BCUT2D eigenvalue weighted by atomic mass is 9.95. The van der Waals surface area contributed by atoms with Gasteiger partial charge in [-0.2, -0.15) is 0 Å². The van der Waals surface area contributed by atoms with Gasteiger partial charge in [-0.25, -0.2) is 15.0 Å². The standard InChI is InChI=1S/C81H108N26O16S/c1-5-45(2)68-78(122)103-58(30-49-18-11-17-48-16-9-10-19-54(48)49)72(116)100-59(31-50-34-87-42-94-50)69(113)93-38-66(111)97-62(39-108)76(120)99-56(21-13-27-91-81(85)86)79(123)107(4)64(29-47-22-24-53(109)25-23-47)77(121)102-60(32-51-35-88-43-95-51)73(117)98-55(20-12-26-90-80(83)84)71(115)101-61(33-52-36-89-44-106(52)3)74(118)104-63(70(114)92-37-65(82)110)40-124-41-67(112)96-57(75(119)105-68)28-46-14-7-6-8-15-46/h6-11,14-19,22-25,34-36,42-45,55-64,68,108-109H,5,12-13,20-21,26-33,37-41H2,1-4H3,(H2,82,110)(H,87,94)(H,88,95)(H,92,114)(H,93,113)(H,96,112)(H,97,111)(H,98,117)(H,99,120)(H,100,116)(H,101,115)(H,102,121)(H,103,122)(H,104,118)(H,105,119)(H4,83,84,90)(H4,85,86,91)/t45-,55-,56-,57-,58-,59-,60-,61-,62-,63-,64-,68-/m1/s1. The van der Waals surface area contributed by atoms with E-state index in [0.717, 1.165) is 22.0 Å². The van der Waals surface area contributed by atoms with Gasteiger partial charge in [0.15, 0.2) is 11.9 Å². The first-order chi connectivity index (χ1) is 59.4. The molecule has 7 aromatic rings. The molecule has 43 heteroatoms. The number of phenols is 1. The number of amides is 14. The van der Waals surface area contributed by atoms with Crippen LogP contribution in [0.3, 0.4) is 0 Å². The number of nitrogens with one attached hydrogen (secondary N) is 18. The highest BCUT2D eigenvalue weighted by molar-refractivity contribution is 8.00. The molecule has 0 unspecified atom stereocenters. The molecule has 664 valence electrons. The maximum atomic E-state index is 15.4. The number of hydrogen-bond donors (Lipinski definition) is 23. The SMILES string of the molecule is CC[C@@H](C)[C@H]1NC(=O)[C@@H](Cc2ccccc2)NC(=O)CSC[C@H](C(=O)NCC(N)=O)NC(=O)[C@@H](Cc2cncn2C)NC(=O)[C@@H](CCCNC(=N)N)NC(=O)[C@@H](Cc2cnc[nH]2)NC(=O)[C@@H](Cc2ccc(O)cc2)N(C)C(=O)[C@@H](CCCNC(=N)N)NC(=O)[C@@H](CO)NC(=O)CNC(=O)[C@@H](Cc2cnc[nH]2)NC(=O)[C@@H](Cc2cccc3ccccc23)NC1=O. The molecule has 0 saturated carbocycles. The van der Waals surface area contributed by atoms with Crippen molar-refractivity contribution in [1.29, 1.82) is 10.8 Å². The lowest BCUT2D eigenvalue weighted by Gasteiger charge is -2.33. The molecule has 12 atom stereocenters. The lowest BCUT2D eigenvalue weighted by Crippen LogP contribution is -2.61. The van der Waals surface area contributed by atoms with Gasteiger partial charge in [0.05, 0.1) is 44.4 Å². The number of benzene rings is 4. The summed E-state index contributed by atoms with van der Waals surface area (Å²) in [5, 5.41) is 75.0. The van der Waals surface area contributed by atoms with Crippen LogP contribution in [0.4, 0.5) is 0 Å². The molecule has 0 aliphatic carbocycles. The predicted molar refractivity (Wildman–Crippen MR) is 454 cm³/mol. The van der Waals surface area contributed by atoms with Gasteiger partial charge >= 0.3 is 0 Å². The number of carbonyl (C=O) groups excluding carboxylic acids is 14. The highest BCUT2D eigenvalue weighted by atomic mass is 32.2. The molecule has 26 N–H and O–H groups in total. The number of aliphatic hydroxyl groups excluding tert-OH is 1. The van der Waals surface area contributed by atoms with E-state index in [-0.39, 0.29) is 95.2 Å². The number of primary amides is 1. The van der Waals surface area contributed by atoms with E-state index in [4.69, 9.17) is 28.0 Å². The summed E-state index contributed by atoms with van der Waals surface area (Å²) in [6.07, 6.45) is 6.19. The van der Waals surface area contributed by atoms with Crippen molar-refractivity contribution in [2.75, 3.05) is 51.3 Å².